The SMILES string of the molecule is CC(C)[C@H](N)C(=O)N[C@@H](CCC(=O)O)C(=O)N[C@@H](CO)C(=O)NCC(=O)NCC(=O)N1CCC[C@H]1C(=O)N[C@@H](CCC(=O)O)C(=O)N1CCC[C@H]1C(=O)NCC(=O)N[C@H](C(=O)NCC(=O)N[C@@H](CS)C(=O)O)C(C)C. The lowest BCUT2D eigenvalue weighted by Gasteiger charge is -2.30. The number of likely N-dealkylation sites (tertiary alicyclic amines) is 2. The Morgan fingerprint density at radius 3 is 1.61 bits per heavy atom. The molecule has 0 aromatic rings. The van der Waals surface area contributed by atoms with Gasteiger partial charge in [-0.25, -0.2) is 4.79 Å². The molecule has 0 aromatic carbocycles. The van der Waals surface area contributed by atoms with Gasteiger partial charge in [-0.2, -0.15) is 12.6 Å². The van der Waals surface area contributed by atoms with Gasteiger partial charge in [0.05, 0.1) is 38.8 Å². The molecule has 2 aliphatic heterocycles. The zero-order valence-electron chi connectivity index (χ0n) is 42.0. The first-order valence-electron chi connectivity index (χ1n) is 24.1. The van der Waals surface area contributed by atoms with Crippen molar-refractivity contribution in [2.45, 2.75) is 127 Å². The number of carboxylic acids is 3. The van der Waals surface area contributed by atoms with Crippen LogP contribution in [0.5, 0.6) is 0 Å². The maximum absolute atomic E-state index is 14.0. The first-order valence-corrected chi connectivity index (χ1v) is 24.7. The Balaban J connectivity index is 2.01. The number of aliphatic hydroxyl groups is 1. The minimum atomic E-state index is -1.67. The summed E-state index contributed by atoms with van der Waals surface area (Å²) >= 11 is 3.85. The number of nitrogens with zero attached hydrogens (tertiary/aromatic N) is 2. The van der Waals surface area contributed by atoms with Crippen molar-refractivity contribution in [1.29, 1.82) is 0 Å². The molecule has 2 fully saturated rings. The Morgan fingerprint density at radius 1 is 0.547 bits per heavy atom. The van der Waals surface area contributed by atoms with Crippen LogP contribution in [0.1, 0.15) is 79.1 Å². The number of hydrogen-bond donors (Lipinski definition) is 15. The molecular weight excluding hydrogens is 1020 g/mol. The van der Waals surface area contributed by atoms with E-state index in [1.807, 2.05) is 0 Å². The van der Waals surface area contributed by atoms with Gasteiger partial charge in [0.15, 0.2) is 0 Å². The minimum absolute atomic E-state index is 0.0132. The summed E-state index contributed by atoms with van der Waals surface area (Å²) in [5.74, 6) is -14.4. The molecule has 2 aliphatic rings. The first kappa shape index (κ1) is 64.0. The fourth-order valence-corrected chi connectivity index (χ4v) is 7.84. The zero-order chi connectivity index (χ0) is 56.7. The Morgan fingerprint density at radius 2 is 1.07 bits per heavy atom. The average molecular weight is 1090 g/mol. The fraction of sp³-hybridized carbons (Fsp3) is 0.682. The molecular formula is C44H70N12O18S. The van der Waals surface area contributed by atoms with Crippen molar-refractivity contribution in [2.24, 2.45) is 17.6 Å². The number of aliphatic carboxylic acids is 3. The molecule has 11 amide bonds. The fourth-order valence-electron chi connectivity index (χ4n) is 7.59. The van der Waals surface area contributed by atoms with Gasteiger partial charge < -0.3 is 83.8 Å². The van der Waals surface area contributed by atoms with Crippen molar-refractivity contribution in [3.63, 3.8) is 0 Å². The van der Waals surface area contributed by atoms with E-state index in [4.69, 9.17) is 15.9 Å². The van der Waals surface area contributed by atoms with Crippen LogP contribution in [-0.4, -0.2) is 213 Å². The molecule has 2 saturated heterocycles. The number of hydrogen-bond acceptors (Lipinski definition) is 17. The van der Waals surface area contributed by atoms with Gasteiger partial charge in [0, 0.05) is 31.7 Å². The third-order valence-corrected chi connectivity index (χ3v) is 12.2. The molecule has 0 spiro atoms. The molecule has 0 unspecified atom stereocenters. The molecule has 2 heterocycles. The van der Waals surface area contributed by atoms with Crippen LogP contribution in [-0.2, 0) is 67.1 Å². The number of carboxylic acid groups (broad SMARTS) is 3. The van der Waals surface area contributed by atoms with Gasteiger partial charge in [-0.15, -0.1) is 0 Å². The summed E-state index contributed by atoms with van der Waals surface area (Å²) in [6.07, 6.45) is -1.08. The topological polar surface area (TPSA) is 461 Å². The Labute approximate surface area is 436 Å². The van der Waals surface area contributed by atoms with Gasteiger partial charge in [-0.1, -0.05) is 27.7 Å². The molecule has 8 atom stereocenters. The summed E-state index contributed by atoms with van der Waals surface area (Å²) in [6, 6.07) is -10.5. The lowest BCUT2D eigenvalue weighted by molar-refractivity contribution is -0.144. The average Bonchev–Trinajstić information content (AvgIpc) is 4.06. The van der Waals surface area contributed by atoms with Gasteiger partial charge in [-0.3, -0.25) is 62.3 Å². The third kappa shape index (κ3) is 21.3. The first-order chi connectivity index (χ1) is 35.2. The standard InChI is InChI=1S/C44H70N12O18S/c1-21(2)35(45)41(70)51-23(9-11-33(62)63)38(67)53-25(19-57)37(66)47-15-29(58)46-18-32(61)55-13-5-8-28(55)40(69)52-24(10-12-34(64)65)43(72)56-14-6-7-27(56)39(68)48-17-31(60)54-36(22(3)4)42(71)49-16-30(59)50-26(20-75)44(73)74/h21-28,35-36,57,75H,5-20,45H2,1-4H3,(H,46,58)(H,47,66)(H,48,68)(H,49,71)(H,50,59)(H,51,70)(H,52,69)(H,53,67)(H,54,60)(H,62,63)(H,64,65)(H,73,74)/t23-,24-,25-,26-,27-,28-,35-,36-/m0/s1. The van der Waals surface area contributed by atoms with Gasteiger partial charge in [0.1, 0.15) is 42.3 Å². The van der Waals surface area contributed by atoms with Crippen molar-refractivity contribution >= 4 is 95.5 Å². The highest BCUT2D eigenvalue weighted by molar-refractivity contribution is 7.80. The molecule has 0 saturated carbocycles. The number of aliphatic hydroxyl groups excluding tert-OH is 1. The number of nitrogens with one attached hydrogen (secondary N) is 9. The molecule has 31 heteroatoms. The molecule has 15 N–H and O–H groups in total. The van der Waals surface area contributed by atoms with Crippen molar-refractivity contribution in [3.05, 3.63) is 0 Å². The molecule has 0 aliphatic carbocycles. The summed E-state index contributed by atoms with van der Waals surface area (Å²) < 4.78 is 0. The second-order valence-electron chi connectivity index (χ2n) is 18.3. The Kier molecular flexibility index (Phi) is 26.9. The highest BCUT2D eigenvalue weighted by Gasteiger charge is 2.41. The number of carbonyl (C=O) groups is 14. The van der Waals surface area contributed by atoms with Crippen molar-refractivity contribution < 1.29 is 87.5 Å². The van der Waals surface area contributed by atoms with Crippen LogP contribution in [0.4, 0.5) is 0 Å². The van der Waals surface area contributed by atoms with Crippen molar-refractivity contribution in [3.8, 4) is 0 Å². The number of amides is 11. The van der Waals surface area contributed by atoms with Crippen LogP contribution in [0.25, 0.3) is 0 Å². The van der Waals surface area contributed by atoms with Crippen LogP contribution in [0.2, 0.25) is 0 Å². The van der Waals surface area contributed by atoms with E-state index in [9.17, 15) is 77.3 Å². The minimum Gasteiger partial charge on any atom is -0.481 e. The largest absolute Gasteiger partial charge is 0.481 e. The van der Waals surface area contributed by atoms with E-state index in [0.29, 0.717) is 12.8 Å². The van der Waals surface area contributed by atoms with Gasteiger partial charge in [0.25, 0.3) is 0 Å². The monoisotopic (exact) mass is 1090 g/mol. The quantitative estimate of drug-likeness (QED) is 0.0287. The van der Waals surface area contributed by atoms with Crippen molar-refractivity contribution in [2.75, 3.05) is 51.6 Å². The second kappa shape index (κ2) is 31.6. The molecule has 420 valence electrons. The molecule has 0 radical (unpaired) electrons. The third-order valence-electron chi connectivity index (χ3n) is 11.9. The molecule has 0 bridgehead atoms. The van der Waals surface area contributed by atoms with E-state index in [1.165, 1.54) is 0 Å². The van der Waals surface area contributed by atoms with E-state index in [0.717, 1.165) is 9.80 Å². The van der Waals surface area contributed by atoms with Gasteiger partial charge in [-0.05, 0) is 50.4 Å². The van der Waals surface area contributed by atoms with Gasteiger partial charge in [0.2, 0.25) is 65.0 Å². The Hall–Kier alpha value is -7.15. The van der Waals surface area contributed by atoms with E-state index in [2.05, 4.69) is 60.5 Å². The maximum atomic E-state index is 14.0. The Bertz CT molecular complexity index is 2130. The highest BCUT2D eigenvalue weighted by atomic mass is 32.1. The second-order valence-corrected chi connectivity index (χ2v) is 18.7. The highest BCUT2D eigenvalue weighted by Crippen LogP contribution is 2.22. The summed E-state index contributed by atoms with van der Waals surface area (Å²) in [5.41, 5.74) is 5.82. The van der Waals surface area contributed by atoms with E-state index in [1.54, 1.807) is 27.7 Å². The zero-order valence-corrected chi connectivity index (χ0v) is 42.9. The van der Waals surface area contributed by atoms with E-state index < -0.39 is 189 Å². The lowest BCUT2D eigenvalue weighted by atomic mass is 10.0. The van der Waals surface area contributed by atoms with Crippen molar-refractivity contribution in [1.82, 2.24) is 57.7 Å². The normalized spacial score (nSPS) is 17.5. The summed E-state index contributed by atoms with van der Waals surface area (Å²) in [5, 5.41) is 58.3. The van der Waals surface area contributed by atoms with Gasteiger partial charge >= 0.3 is 17.9 Å². The molecule has 0 aromatic heterocycles. The van der Waals surface area contributed by atoms with Crippen LogP contribution >= 0.6 is 12.6 Å². The molecule has 2 rings (SSSR count). The smallest absolute Gasteiger partial charge is 0.327 e. The van der Waals surface area contributed by atoms with Crippen LogP contribution in [0, 0.1) is 11.8 Å². The summed E-state index contributed by atoms with van der Waals surface area (Å²) in [7, 11) is 0. The predicted molar refractivity (Wildman–Crippen MR) is 261 cm³/mol. The number of thiol groups is 1. The molecule has 75 heavy (non-hydrogen) atoms. The summed E-state index contributed by atoms with van der Waals surface area (Å²) in [6.45, 7) is 2.83. The van der Waals surface area contributed by atoms with E-state index in [-0.39, 0.29) is 44.0 Å². The van der Waals surface area contributed by atoms with Crippen LogP contribution < -0.4 is 53.6 Å². The predicted octanol–water partition coefficient (Wildman–Crippen LogP) is -6.77. The maximum Gasteiger partial charge on any atom is 0.327 e. The number of carbonyl (C=O) groups excluding carboxylic acids is 11. The van der Waals surface area contributed by atoms with Crippen LogP contribution in [0.15, 0.2) is 0 Å². The summed E-state index contributed by atoms with van der Waals surface area (Å²) in [4.78, 5) is 180. The number of rotatable bonds is 31. The molecule has 30 nitrogen and oxygen atoms in total. The van der Waals surface area contributed by atoms with E-state index >= 15 is 0 Å². The number of nitrogens with two attached hydrogens (primary N) is 1. The lowest BCUT2D eigenvalue weighted by Crippen LogP contribution is -2.58. The van der Waals surface area contributed by atoms with Crippen LogP contribution in [0.3, 0.4) is 0 Å².